The molecule has 1 atom stereocenters. The molecule has 8 nitrogen and oxygen atoms in total. The Labute approximate surface area is 193 Å². The molecule has 2 aromatic heterocycles. The van der Waals surface area contributed by atoms with Crippen LogP contribution in [0.2, 0.25) is 0 Å². The third kappa shape index (κ3) is 4.00. The number of nitrogens with zero attached hydrogens (tertiary/aromatic N) is 4. The average molecular weight is 475 g/mol. The number of amides is 1. The third-order valence-corrected chi connectivity index (χ3v) is 6.35. The van der Waals surface area contributed by atoms with Crippen molar-refractivity contribution in [2.75, 3.05) is 25.5 Å². The maximum absolute atomic E-state index is 14.5. The van der Waals surface area contributed by atoms with E-state index in [1.165, 1.54) is 37.1 Å². The summed E-state index contributed by atoms with van der Waals surface area (Å²) in [5.41, 5.74) is -1.26. The van der Waals surface area contributed by atoms with Crippen molar-refractivity contribution in [1.29, 1.82) is 0 Å². The normalized spacial score (nSPS) is 18.1. The van der Waals surface area contributed by atoms with Gasteiger partial charge >= 0.3 is 0 Å². The van der Waals surface area contributed by atoms with Crippen molar-refractivity contribution in [2.24, 2.45) is 7.05 Å². The van der Waals surface area contributed by atoms with E-state index in [-0.39, 0.29) is 30.1 Å². The van der Waals surface area contributed by atoms with Crippen molar-refractivity contribution in [2.45, 2.75) is 31.9 Å². The number of carbonyl (C=O) groups excluding carboxylic acids is 1. The number of ether oxygens (including phenoxy) is 1. The second kappa shape index (κ2) is 9.05. The van der Waals surface area contributed by atoms with E-state index in [0.29, 0.717) is 35.4 Å². The second-order valence-electron chi connectivity index (χ2n) is 8.25. The van der Waals surface area contributed by atoms with Crippen molar-refractivity contribution in [1.82, 2.24) is 19.4 Å². The summed E-state index contributed by atoms with van der Waals surface area (Å²) in [5.74, 6) is -0.795. The summed E-state index contributed by atoms with van der Waals surface area (Å²) in [6.07, 6.45) is -1.23. The lowest BCUT2D eigenvalue weighted by atomic mass is 9.93. The van der Waals surface area contributed by atoms with Crippen molar-refractivity contribution in [3.05, 3.63) is 63.5 Å². The molecule has 1 aliphatic rings. The Morgan fingerprint density at radius 2 is 2.09 bits per heavy atom. The van der Waals surface area contributed by atoms with Crippen LogP contribution in [0.5, 0.6) is 0 Å². The van der Waals surface area contributed by atoms with Gasteiger partial charge in [-0.05, 0) is 6.07 Å². The number of alkyl halides is 2. The number of likely N-dealkylation sites (tertiary alicyclic amines) is 1. The minimum absolute atomic E-state index is 0.0517. The highest BCUT2D eigenvalue weighted by molar-refractivity contribution is 5.87. The van der Waals surface area contributed by atoms with E-state index in [2.05, 4.69) is 15.3 Å². The number of nitrogens with one attached hydrogen (secondary N) is 1. The zero-order valence-corrected chi connectivity index (χ0v) is 18.9. The Bertz CT molecular complexity index is 1310. The molecule has 3 heterocycles. The SMILES string of the molecule is COC1(c2cc3c(NCc4cccc(C(F)F)c4F)ncnc3n(C)c2=O)CCN(C(C)=O)C1. The van der Waals surface area contributed by atoms with E-state index in [9.17, 15) is 22.8 Å². The van der Waals surface area contributed by atoms with Crippen LogP contribution in [0.15, 0.2) is 35.4 Å². The summed E-state index contributed by atoms with van der Waals surface area (Å²) < 4.78 is 47.7. The van der Waals surface area contributed by atoms with Gasteiger partial charge in [0.1, 0.15) is 29.2 Å². The number of aromatic nitrogens is 3. The van der Waals surface area contributed by atoms with Gasteiger partial charge in [-0.3, -0.25) is 14.2 Å². The number of pyridine rings is 1. The fourth-order valence-corrected chi connectivity index (χ4v) is 4.37. The lowest BCUT2D eigenvalue weighted by Gasteiger charge is -2.28. The molecule has 180 valence electrons. The van der Waals surface area contributed by atoms with E-state index in [0.717, 1.165) is 6.07 Å². The number of rotatable bonds is 6. The van der Waals surface area contributed by atoms with Crippen molar-refractivity contribution in [3.8, 4) is 0 Å². The summed E-state index contributed by atoms with van der Waals surface area (Å²) in [4.78, 5) is 35.2. The molecule has 34 heavy (non-hydrogen) atoms. The predicted molar refractivity (Wildman–Crippen MR) is 119 cm³/mol. The molecular formula is C23H24F3N5O3. The number of aryl methyl sites for hydroxylation is 1. The summed E-state index contributed by atoms with van der Waals surface area (Å²) >= 11 is 0. The molecule has 0 aliphatic carbocycles. The highest BCUT2D eigenvalue weighted by atomic mass is 19.3. The van der Waals surface area contributed by atoms with Gasteiger partial charge < -0.3 is 15.0 Å². The van der Waals surface area contributed by atoms with E-state index in [4.69, 9.17) is 4.74 Å². The number of hydrogen-bond acceptors (Lipinski definition) is 6. The van der Waals surface area contributed by atoms with Crippen LogP contribution in [0.4, 0.5) is 19.0 Å². The summed E-state index contributed by atoms with van der Waals surface area (Å²) in [7, 11) is 3.06. The highest BCUT2D eigenvalue weighted by Gasteiger charge is 2.43. The monoisotopic (exact) mass is 475 g/mol. The first-order valence-corrected chi connectivity index (χ1v) is 10.6. The van der Waals surface area contributed by atoms with Gasteiger partial charge in [0, 0.05) is 46.2 Å². The molecule has 1 N–H and O–H groups in total. The summed E-state index contributed by atoms with van der Waals surface area (Å²) in [5, 5.41) is 3.45. The van der Waals surface area contributed by atoms with Crippen molar-refractivity contribution < 1.29 is 22.7 Å². The molecular weight excluding hydrogens is 451 g/mol. The number of methoxy groups -OCH3 is 1. The molecule has 1 unspecified atom stereocenters. The fraction of sp³-hybridized carbons (Fsp3) is 0.391. The minimum atomic E-state index is -2.93. The van der Waals surface area contributed by atoms with Crippen LogP contribution in [-0.2, 0) is 28.7 Å². The van der Waals surface area contributed by atoms with Gasteiger partial charge in [0.25, 0.3) is 12.0 Å². The van der Waals surface area contributed by atoms with Crippen LogP contribution in [0, 0.1) is 5.82 Å². The van der Waals surface area contributed by atoms with E-state index in [1.807, 2.05) is 0 Å². The van der Waals surface area contributed by atoms with E-state index < -0.39 is 23.4 Å². The zero-order valence-electron chi connectivity index (χ0n) is 18.9. The van der Waals surface area contributed by atoms with Crippen LogP contribution in [0.1, 0.15) is 36.5 Å². The number of carbonyl (C=O) groups is 1. The van der Waals surface area contributed by atoms with Crippen molar-refractivity contribution in [3.63, 3.8) is 0 Å². The first kappa shape index (κ1) is 23.7. The van der Waals surface area contributed by atoms with E-state index >= 15 is 0 Å². The molecule has 11 heteroatoms. The molecule has 0 spiro atoms. The number of fused-ring (bicyclic) bond motifs is 1. The quantitative estimate of drug-likeness (QED) is 0.590. The minimum Gasteiger partial charge on any atom is -0.371 e. The molecule has 3 aromatic rings. The molecule has 1 aromatic carbocycles. The summed E-state index contributed by atoms with van der Waals surface area (Å²) in [6, 6.07) is 5.44. The molecule has 1 fully saturated rings. The van der Waals surface area contributed by atoms with Crippen molar-refractivity contribution >= 4 is 22.8 Å². The molecule has 1 amide bonds. The fourth-order valence-electron chi connectivity index (χ4n) is 4.37. The number of hydrogen-bond donors (Lipinski definition) is 1. The molecule has 1 saturated heterocycles. The van der Waals surface area contributed by atoms with Gasteiger partial charge in [0.15, 0.2) is 0 Å². The number of anilines is 1. The largest absolute Gasteiger partial charge is 0.371 e. The Hall–Kier alpha value is -3.47. The van der Waals surface area contributed by atoms with Gasteiger partial charge in [0.2, 0.25) is 5.91 Å². The number of halogens is 3. The molecule has 0 saturated carbocycles. The molecule has 4 rings (SSSR count). The van der Waals surface area contributed by atoms with Crippen LogP contribution in [0.3, 0.4) is 0 Å². The van der Waals surface area contributed by atoms with Gasteiger partial charge in [-0.2, -0.15) is 0 Å². The molecule has 1 aliphatic heterocycles. The average Bonchev–Trinajstić information content (AvgIpc) is 3.26. The smallest absolute Gasteiger partial charge is 0.266 e. The summed E-state index contributed by atoms with van der Waals surface area (Å²) in [6.45, 7) is 2.02. The van der Waals surface area contributed by atoms with Crippen LogP contribution >= 0.6 is 0 Å². The maximum atomic E-state index is 14.5. The predicted octanol–water partition coefficient (Wildman–Crippen LogP) is 3.11. The van der Waals surface area contributed by atoms with Crippen LogP contribution in [-0.4, -0.2) is 45.5 Å². The first-order valence-electron chi connectivity index (χ1n) is 10.6. The zero-order chi connectivity index (χ0) is 24.6. The Balaban J connectivity index is 1.76. The first-order chi connectivity index (χ1) is 16.2. The lowest BCUT2D eigenvalue weighted by molar-refractivity contribution is -0.129. The second-order valence-corrected chi connectivity index (χ2v) is 8.25. The van der Waals surface area contributed by atoms with Gasteiger partial charge in [-0.15, -0.1) is 0 Å². The highest BCUT2D eigenvalue weighted by Crippen LogP contribution is 2.35. The van der Waals surface area contributed by atoms with E-state index in [1.54, 1.807) is 18.0 Å². The van der Waals surface area contributed by atoms with Gasteiger partial charge in [-0.25, -0.2) is 23.1 Å². The Kier molecular flexibility index (Phi) is 6.30. The molecule has 0 radical (unpaired) electrons. The van der Waals surface area contributed by atoms with Crippen LogP contribution < -0.4 is 10.9 Å². The van der Waals surface area contributed by atoms with Crippen LogP contribution in [0.25, 0.3) is 11.0 Å². The topological polar surface area (TPSA) is 89.3 Å². The Morgan fingerprint density at radius 3 is 2.74 bits per heavy atom. The Morgan fingerprint density at radius 1 is 1.32 bits per heavy atom. The third-order valence-electron chi connectivity index (χ3n) is 6.35. The molecule has 0 bridgehead atoms. The standard InChI is InChI=1S/C23H24F3N5O3/c1-13(32)31-8-7-23(11-31,34-3)17-9-16-20(28-12-29-21(16)30(2)22(17)33)27-10-14-5-4-6-15(18(14)24)19(25)26/h4-6,9,12,19H,7-8,10-11H2,1-3H3,(H,27,28,29). The maximum Gasteiger partial charge on any atom is 0.266 e. The van der Waals surface area contributed by atoms with Gasteiger partial charge in [-0.1, -0.05) is 18.2 Å². The van der Waals surface area contributed by atoms with Gasteiger partial charge in [0.05, 0.1) is 23.1 Å². The number of benzene rings is 1. The lowest BCUT2D eigenvalue weighted by Crippen LogP contribution is -2.40.